The monoisotopic (exact) mass is 315 g/mol. The molecule has 0 N–H and O–H groups in total. The Hall–Kier alpha value is -0.860. The Morgan fingerprint density at radius 1 is 0.957 bits per heavy atom. The van der Waals surface area contributed by atoms with Gasteiger partial charge in [0.05, 0.1) is 6.61 Å². The van der Waals surface area contributed by atoms with Crippen molar-refractivity contribution in [3.05, 3.63) is 35.9 Å². The standard InChI is InChI=1S/C21H33NO/c1-20(2)14-9-15-21(3,4)22(20)23-16-18-12-8-13-19(18)17-10-6-5-7-11-17/h5-7,10-11,18-19H,8-9,12-16H2,1-4H3. The van der Waals surface area contributed by atoms with Crippen LogP contribution in [0.4, 0.5) is 0 Å². The van der Waals surface area contributed by atoms with Crippen molar-refractivity contribution in [1.82, 2.24) is 5.06 Å². The van der Waals surface area contributed by atoms with Crippen LogP contribution in [0.2, 0.25) is 0 Å². The number of hydrogen-bond donors (Lipinski definition) is 0. The van der Waals surface area contributed by atoms with Crippen molar-refractivity contribution in [2.24, 2.45) is 5.92 Å². The van der Waals surface area contributed by atoms with Gasteiger partial charge in [-0.25, -0.2) is 0 Å². The van der Waals surface area contributed by atoms with E-state index >= 15 is 0 Å². The Morgan fingerprint density at radius 2 is 1.61 bits per heavy atom. The molecule has 1 saturated carbocycles. The summed E-state index contributed by atoms with van der Waals surface area (Å²) < 4.78 is 0. The Balaban J connectivity index is 1.67. The van der Waals surface area contributed by atoms with Crippen LogP contribution < -0.4 is 0 Å². The maximum Gasteiger partial charge on any atom is 0.0719 e. The molecule has 0 spiro atoms. The summed E-state index contributed by atoms with van der Waals surface area (Å²) >= 11 is 0. The molecular formula is C21H33NO. The topological polar surface area (TPSA) is 12.5 Å². The van der Waals surface area contributed by atoms with Crippen molar-refractivity contribution in [3.63, 3.8) is 0 Å². The predicted molar refractivity (Wildman–Crippen MR) is 96.3 cm³/mol. The molecule has 0 aromatic heterocycles. The van der Waals surface area contributed by atoms with Crippen LogP contribution in [0.1, 0.15) is 77.7 Å². The second-order valence-corrected chi connectivity index (χ2v) is 8.78. The number of piperidine rings is 1. The van der Waals surface area contributed by atoms with Crippen LogP contribution in [-0.4, -0.2) is 22.7 Å². The van der Waals surface area contributed by atoms with E-state index in [1.807, 2.05) is 0 Å². The molecule has 0 bridgehead atoms. The van der Waals surface area contributed by atoms with E-state index in [0.717, 1.165) is 6.61 Å². The molecule has 2 aliphatic rings. The van der Waals surface area contributed by atoms with Gasteiger partial charge in [-0.2, -0.15) is 5.06 Å². The molecular weight excluding hydrogens is 282 g/mol. The summed E-state index contributed by atoms with van der Waals surface area (Å²) in [5.41, 5.74) is 1.78. The van der Waals surface area contributed by atoms with Crippen molar-refractivity contribution in [1.29, 1.82) is 0 Å². The molecule has 23 heavy (non-hydrogen) atoms. The lowest BCUT2D eigenvalue weighted by Crippen LogP contribution is -2.58. The number of hydrogen-bond acceptors (Lipinski definition) is 2. The molecule has 0 radical (unpaired) electrons. The first kappa shape index (κ1) is 17.0. The minimum Gasteiger partial charge on any atom is -0.298 e. The van der Waals surface area contributed by atoms with Gasteiger partial charge >= 0.3 is 0 Å². The van der Waals surface area contributed by atoms with Gasteiger partial charge < -0.3 is 0 Å². The third kappa shape index (κ3) is 3.64. The Bertz CT molecular complexity index is 492. The van der Waals surface area contributed by atoms with Crippen molar-refractivity contribution < 1.29 is 4.84 Å². The number of nitrogens with zero attached hydrogens (tertiary/aromatic N) is 1. The van der Waals surface area contributed by atoms with Crippen molar-refractivity contribution in [2.75, 3.05) is 6.61 Å². The molecule has 2 fully saturated rings. The van der Waals surface area contributed by atoms with Gasteiger partial charge in [-0.3, -0.25) is 4.84 Å². The van der Waals surface area contributed by atoms with E-state index in [1.165, 1.54) is 44.1 Å². The van der Waals surface area contributed by atoms with Gasteiger partial charge in [0.15, 0.2) is 0 Å². The first-order chi connectivity index (χ1) is 10.9. The summed E-state index contributed by atoms with van der Waals surface area (Å²) in [6.45, 7) is 10.2. The molecule has 1 aromatic rings. The van der Waals surface area contributed by atoms with E-state index in [9.17, 15) is 0 Å². The molecule has 128 valence electrons. The Morgan fingerprint density at radius 3 is 2.26 bits per heavy atom. The summed E-state index contributed by atoms with van der Waals surface area (Å²) in [7, 11) is 0. The van der Waals surface area contributed by atoms with Gasteiger partial charge in [0, 0.05) is 11.1 Å². The van der Waals surface area contributed by atoms with E-state index in [-0.39, 0.29) is 11.1 Å². The Kier molecular flexibility index (Phi) is 4.85. The number of benzene rings is 1. The second-order valence-electron chi connectivity index (χ2n) is 8.78. The highest BCUT2D eigenvalue weighted by molar-refractivity contribution is 5.21. The van der Waals surface area contributed by atoms with Gasteiger partial charge in [0.25, 0.3) is 0 Å². The molecule has 0 amide bonds. The highest BCUT2D eigenvalue weighted by Crippen LogP contribution is 2.42. The van der Waals surface area contributed by atoms with E-state index in [2.05, 4.69) is 63.1 Å². The first-order valence-corrected chi connectivity index (χ1v) is 9.38. The zero-order valence-corrected chi connectivity index (χ0v) is 15.3. The van der Waals surface area contributed by atoms with E-state index in [0.29, 0.717) is 11.8 Å². The predicted octanol–water partition coefficient (Wildman–Crippen LogP) is 5.55. The summed E-state index contributed by atoms with van der Waals surface area (Å²) in [5, 5.41) is 2.32. The summed E-state index contributed by atoms with van der Waals surface area (Å²) in [6, 6.07) is 11.0. The van der Waals surface area contributed by atoms with Crippen molar-refractivity contribution in [3.8, 4) is 0 Å². The molecule has 2 unspecified atom stereocenters. The minimum absolute atomic E-state index is 0.141. The maximum absolute atomic E-state index is 6.48. The molecule has 1 aliphatic carbocycles. The molecule has 2 heteroatoms. The largest absolute Gasteiger partial charge is 0.298 e. The van der Waals surface area contributed by atoms with Crippen molar-refractivity contribution in [2.45, 2.75) is 83.2 Å². The summed E-state index contributed by atoms with van der Waals surface area (Å²) in [4.78, 5) is 6.48. The minimum atomic E-state index is 0.141. The van der Waals surface area contributed by atoms with Crippen LogP contribution in [0.5, 0.6) is 0 Å². The molecule has 3 rings (SSSR count). The van der Waals surface area contributed by atoms with Gasteiger partial charge in [0.2, 0.25) is 0 Å². The molecule has 1 aliphatic heterocycles. The number of rotatable bonds is 4. The van der Waals surface area contributed by atoms with Crippen LogP contribution >= 0.6 is 0 Å². The lowest BCUT2D eigenvalue weighted by Gasteiger charge is -2.51. The fourth-order valence-electron chi connectivity index (χ4n) is 4.87. The quantitative estimate of drug-likeness (QED) is 0.722. The fourth-order valence-corrected chi connectivity index (χ4v) is 4.87. The highest BCUT2D eigenvalue weighted by Gasteiger charge is 2.43. The average Bonchev–Trinajstić information content (AvgIpc) is 2.95. The second kappa shape index (κ2) is 6.57. The van der Waals surface area contributed by atoms with Crippen molar-refractivity contribution >= 4 is 0 Å². The molecule has 1 saturated heterocycles. The third-order valence-electron chi connectivity index (χ3n) is 5.98. The van der Waals surface area contributed by atoms with Crippen LogP contribution in [0.25, 0.3) is 0 Å². The highest BCUT2D eigenvalue weighted by atomic mass is 16.7. The van der Waals surface area contributed by atoms with Crippen LogP contribution in [0.15, 0.2) is 30.3 Å². The van der Waals surface area contributed by atoms with Crippen LogP contribution in [-0.2, 0) is 4.84 Å². The molecule has 1 aromatic carbocycles. The summed E-state index contributed by atoms with van der Waals surface area (Å²) in [6.07, 6.45) is 7.70. The van der Waals surface area contributed by atoms with Crippen LogP contribution in [0, 0.1) is 5.92 Å². The lowest BCUT2D eigenvalue weighted by atomic mass is 9.82. The molecule has 2 nitrogen and oxygen atoms in total. The molecule has 1 heterocycles. The van der Waals surface area contributed by atoms with Gasteiger partial charge in [-0.1, -0.05) is 36.8 Å². The van der Waals surface area contributed by atoms with Gasteiger partial charge in [-0.05, 0) is 77.2 Å². The zero-order valence-electron chi connectivity index (χ0n) is 15.3. The first-order valence-electron chi connectivity index (χ1n) is 9.38. The summed E-state index contributed by atoms with van der Waals surface area (Å²) in [5.74, 6) is 1.33. The smallest absolute Gasteiger partial charge is 0.0719 e. The SMILES string of the molecule is CC1(C)CCCC(C)(C)N1OCC1CCCC1c1ccccc1. The lowest BCUT2D eigenvalue weighted by molar-refractivity contribution is -0.286. The van der Waals surface area contributed by atoms with E-state index < -0.39 is 0 Å². The van der Waals surface area contributed by atoms with Gasteiger partial charge in [0.1, 0.15) is 0 Å². The van der Waals surface area contributed by atoms with E-state index in [1.54, 1.807) is 0 Å². The average molecular weight is 316 g/mol. The maximum atomic E-state index is 6.48. The number of hydroxylamine groups is 2. The fraction of sp³-hybridized carbons (Fsp3) is 0.714. The van der Waals surface area contributed by atoms with Crippen LogP contribution in [0.3, 0.4) is 0 Å². The Labute approximate surface area is 142 Å². The zero-order chi connectivity index (χ0) is 16.5. The van der Waals surface area contributed by atoms with Gasteiger partial charge in [-0.15, -0.1) is 0 Å². The molecule has 2 atom stereocenters. The normalized spacial score (nSPS) is 30.4. The third-order valence-corrected chi connectivity index (χ3v) is 5.98. The van der Waals surface area contributed by atoms with E-state index in [4.69, 9.17) is 4.84 Å².